The monoisotopic (exact) mass is 399 g/mol. The van der Waals surface area contributed by atoms with Crippen LogP contribution in [0.2, 0.25) is 0 Å². The third-order valence-corrected chi connectivity index (χ3v) is 4.58. The standard InChI is InChI=1S/C20H25N5O4/c1-11(2)12-7-6-8-13(9-12)25-10-14(26)15(23-25)18(27)21-16(20(3,4)5)17-22-19(28)29-24-17/h6-11,16,26H,1-5H3,(H,21,27)(H,22,24,28). The molecule has 0 aliphatic heterocycles. The minimum atomic E-state index is -0.708. The second-order valence-corrected chi connectivity index (χ2v) is 8.31. The number of hydrogen-bond acceptors (Lipinski definition) is 6. The van der Waals surface area contributed by atoms with E-state index in [0.717, 1.165) is 11.3 Å². The van der Waals surface area contributed by atoms with Gasteiger partial charge < -0.3 is 10.4 Å². The minimum absolute atomic E-state index is 0.125. The molecule has 3 rings (SSSR count). The number of aromatic amines is 1. The van der Waals surface area contributed by atoms with Gasteiger partial charge in [0.15, 0.2) is 17.3 Å². The molecule has 2 heterocycles. The van der Waals surface area contributed by atoms with Crippen LogP contribution in [0.4, 0.5) is 0 Å². The normalized spacial score (nSPS) is 12.9. The van der Waals surface area contributed by atoms with Crippen LogP contribution in [0.25, 0.3) is 5.69 Å². The fourth-order valence-electron chi connectivity index (χ4n) is 2.95. The summed E-state index contributed by atoms with van der Waals surface area (Å²) in [6.45, 7) is 9.79. The summed E-state index contributed by atoms with van der Waals surface area (Å²) < 4.78 is 6.02. The van der Waals surface area contributed by atoms with Crippen molar-refractivity contribution >= 4 is 5.91 Å². The summed E-state index contributed by atoms with van der Waals surface area (Å²) in [5, 5.41) is 21.0. The Balaban J connectivity index is 1.90. The molecule has 3 aromatic rings. The Morgan fingerprint density at radius 3 is 2.62 bits per heavy atom. The van der Waals surface area contributed by atoms with Crippen LogP contribution in [-0.4, -0.2) is 30.9 Å². The zero-order chi connectivity index (χ0) is 21.3. The van der Waals surface area contributed by atoms with Crippen LogP contribution in [0.1, 0.15) is 68.5 Å². The number of hydrogen-bond donors (Lipinski definition) is 3. The van der Waals surface area contributed by atoms with E-state index in [-0.39, 0.29) is 17.3 Å². The Morgan fingerprint density at radius 2 is 2.03 bits per heavy atom. The highest BCUT2D eigenvalue weighted by Crippen LogP contribution is 2.31. The van der Waals surface area contributed by atoms with Crippen molar-refractivity contribution in [3.05, 3.63) is 58.1 Å². The van der Waals surface area contributed by atoms with Crippen molar-refractivity contribution in [2.45, 2.75) is 46.6 Å². The maximum Gasteiger partial charge on any atom is 0.438 e. The molecular weight excluding hydrogens is 374 g/mol. The summed E-state index contributed by atoms with van der Waals surface area (Å²) in [6.07, 6.45) is 1.39. The largest absolute Gasteiger partial charge is 0.504 e. The van der Waals surface area contributed by atoms with E-state index in [2.05, 4.69) is 38.9 Å². The van der Waals surface area contributed by atoms with Crippen LogP contribution in [0.3, 0.4) is 0 Å². The maximum absolute atomic E-state index is 12.8. The number of carbonyl (C=O) groups is 1. The molecule has 0 aliphatic rings. The van der Waals surface area contributed by atoms with Gasteiger partial charge in [0.1, 0.15) is 0 Å². The molecule has 2 aromatic heterocycles. The number of benzene rings is 1. The smallest absolute Gasteiger partial charge is 0.438 e. The van der Waals surface area contributed by atoms with E-state index >= 15 is 0 Å². The first kappa shape index (κ1) is 20.4. The van der Waals surface area contributed by atoms with Crippen molar-refractivity contribution in [1.82, 2.24) is 25.2 Å². The van der Waals surface area contributed by atoms with Gasteiger partial charge in [-0.1, -0.05) is 51.9 Å². The number of rotatable bonds is 5. The molecule has 9 nitrogen and oxygen atoms in total. The molecule has 0 saturated carbocycles. The minimum Gasteiger partial charge on any atom is -0.504 e. The van der Waals surface area contributed by atoms with Gasteiger partial charge in [-0.25, -0.2) is 9.48 Å². The predicted octanol–water partition coefficient (Wildman–Crippen LogP) is 2.89. The predicted molar refractivity (Wildman–Crippen MR) is 106 cm³/mol. The van der Waals surface area contributed by atoms with Crippen LogP contribution in [0.15, 0.2) is 39.8 Å². The van der Waals surface area contributed by atoms with Crippen molar-refractivity contribution in [3.8, 4) is 11.4 Å². The van der Waals surface area contributed by atoms with E-state index in [9.17, 15) is 14.7 Å². The molecule has 0 aliphatic carbocycles. The quantitative estimate of drug-likeness (QED) is 0.606. The molecule has 0 saturated heterocycles. The van der Waals surface area contributed by atoms with E-state index in [0.29, 0.717) is 5.92 Å². The molecule has 29 heavy (non-hydrogen) atoms. The summed E-state index contributed by atoms with van der Waals surface area (Å²) in [7, 11) is 0. The van der Waals surface area contributed by atoms with Gasteiger partial charge >= 0.3 is 5.76 Å². The fourth-order valence-corrected chi connectivity index (χ4v) is 2.95. The van der Waals surface area contributed by atoms with Gasteiger partial charge in [0.05, 0.1) is 17.9 Å². The third kappa shape index (κ3) is 4.39. The zero-order valence-corrected chi connectivity index (χ0v) is 17.1. The van der Waals surface area contributed by atoms with Crippen LogP contribution in [0.5, 0.6) is 5.75 Å². The molecule has 0 spiro atoms. The summed E-state index contributed by atoms with van der Waals surface area (Å²) >= 11 is 0. The molecular formula is C20H25N5O4. The molecule has 1 unspecified atom stereocenters. The Labute approximate surface area is 167 Å². The van der Waals surface area contributed by atoms with Gasteiger partial charge in [0, 0.05) is 0 Å². The zero-order valence-electron chi connectivity index (χ0n) is 17.1. The lowest BCUT2D eigenvalue weighted by Crippen LogP contribution is -2.37. The Morgan fingerprint density at radius 1 is 1.31 bits per heavy atom. The highest BCUT2D eigenvalue weighted by atomic mass is 16.5. The third-order valence-electron chi connectivity index (χ3n) is 4.58. The lowest BCUT2D eigenvalue weighted by molar-refractivity contribution is 0.0888. The van der Waals surface area contributed by atoms with Crippen LogP contribution >= 0.6 is 0 Å². The second kappa shape index (κ2) is 7.57. The van der Waals surface area contributed by atoms with E-state index in [1.54, 1.807) is 0 Å². The Bertz CT molecular complexity index is 1070. The number of carbonyl (C=O) groups excluding carboxylic acids is 1. The van der Waals surface area contributed by atoms with Crippen LogP contribution in [-0.2, 0) is 0 Å². The van der Waals surface area contributed by atoms with Gasteiger partial charge in [-0.2, -0.15) is 5.10 Å². The maximum atomic E-state index is 12.8. The number of nitrogens with one attached hydrogen (secondary N) is 2. The number of aromatic nitrogens is 4. The second-order valence-electron chi connectivity index (χ2n) is 8.31. The number of amides is 1. The Hall–Kier alpha value is -3.36. The fraction of sp³-hybridized carbons (Fsp3) is 0.400. The van der Waals surface area contributed by atoms with Crippen molar-refractivity contribution in [2.75, 3.05) is 0 Å². The number of nitrogens with zero attached hydrogens (tertiary/aromatic N) is 3. The van der Waals surface area contributed by atoms with Crippen molar-refractivity contribution in [1.29, 1.82) is 0 Å². The number of H-pyrrole nitrogens is 1. The van der Waals surface area contributed by atoms with Crippen molar-refractivity contribution < 1.29 is 14.4 Å². The SMILES string of the molecule is CC(C)c1cccc(-n2cc(O)c(C(=O)NC(c3noc(=O)[nH]3)C(C)(C)C)n2)c1. The van der Waals surface area contributed by atoms with E-state index in [1.807, 2.05) is 45.0 Å². The summed E-state index contributed by atoms with van der Waals surface area (Å²) in [5.41, 5.74) is 1.24. The summed E-state index contributed by atoms with van der Waals surface area (Å²) in [6, 6.07) is 7.06. The average molecular weight is 399 g/mol. The highest BCUT2D eigenvalue weighted by molar-refractivity contribution is 5.95. The van der Waals surface area contributed by atoms with Crippen LogP contribution in [0, 0.1) is 5.41 Å². The van der Waals surface area contributed by atoms with Crippen LogP contribution < -0.4 is 11.1 Å². The van der Waals surface area contributed by atoms with Gasteiger partial charge in [-0.05, 0) is 29.0 Å². The Kier molecular flexibility index (Phi) is 5.32. The van der Waals surface area contributed by atoms with Gasteiger partial charge in [-0.15, -0.1) is 0 Å². The molecule has 3 N–H and O–H groups in total. The summed E-state index contributed by atoms with van der Waals surface area (Å²) in [5.74, 6) is -1.03. The average Bonchev–Trinajstić information content (AvgIpc) is 3.24. The molecule has 154 valence electrons. The molecule has 1 amide bonds. The first-order valence-electron chi connectivity index (χ1n) is 9.32. The summed E-state index contributed by atoms with van der Waals surface area (Å²) in [4.78, 5) is 26.6. The van der Waals surface area contributed by atoms with Crippen molar-refractivity contribution in [3.63, 3.8) is 0 Å². The molecule has 0 radical (unpaired) electrons. The highest BCUT2D eigenvalue weighted by Gasteiger charge is 2.33. The van der Waals surface area contributed by atoms with Gasteiger partial charge in [0.2, 0.25) is 0 Å². The molecule has 9 heteroatoms. The molecule has 0 fully saturated rings. The van der Waals surface area contributed by atoms with E-state index < -0.39 is 23.1 Å². The molecule has 1 atom stereocenters. The topological polar surface area (TPSA) is 126 Å². The first-order valence-corrected chi connectivity index (χ1v) is 9.32. The molecule has 1 aromatic carbocycles. The number of aromatic hydroxyl groups is 1. The first-order chi connectivity index (χ1) is 13.6. The van der Waals surface area contributed by atoms with E-state index in [1.165, 1.54) is 10.9 Å². The van der Waals surface area contributed by atoms with Crippen molar-refractivity contribution in [2.24, 2.45) is 5.41 Å². The van der Waals surface area contributed by atoms with E-state index in [4.69, 9.17) is 0 Å². The van der Waals surface area contributed by atoms with Gasteiger partial charge in [-0.3, -0.25) is 14.3 Å². The molecule has 0 bridgehead atoms. The lowest BCUT2D eigenvalue weighted by Gasteiger charge is -2.28. The lowest BCUT2D eigenvalue weighted by atomic mass is 9.86. The van der Waals surface area contributed by atoms with Gasteiger partial charge in [0.25, 0.3) is 5.91 Å².